The number of furan rings is 1. The van der Waals surface area contributed by atoms with Gasteiger partial charge in [-0.1, -0.05) is 26.7 Å². The molecule has 0 radical (unpaired) electrons. The second-order valence-corrected chi connectivity index (χ2v) is 7.37. The molecule has 0 saturated carbocycles. The highest BCUT2D eigenvalue weighted by Crippen LogP contribution is 2.23. The van der Waals surface area contributed by atoms with Crippen molar-refractivity contribution in [2.24, 2.45) is 10.9 Å². The molecular weight excluding hydrogens is 328 g/mol. The number of nitrogens with zero attached hydrogens (tertiary/aromatic N) is 2. The lowest BCUT2D eigenvalue weighted by atomic mass is 9.93. The third-order valence-corrected chi connectivity index (χ3v) is 4.90. The van der Waals surface area contributed by atoms with Crippen LogP contribution >= 0.6 is 0 Å². The SMILES string of the molecule is CCNC(=NCC(C)(O)c1ccc(C)o1)NCC(C(CC)CC)N(C)C. The van der Waals surface area contributed by atoms with E-state index in [4.69, 9.17) is 4.42 Å². The number of aliphatic imine (C=N–C) groups is 1. The third kappa shape index (κ3) is 6.65. The van der Waals surface area contributed by atoms with E-state index in [9.17, 15) is 5.11 Å². The summed E-state index contributed by atoms with van der Waals surface area (Å²) in [5.74, 6) is 2.68. The first kappa shape index (κ1) is 22.5. The summed E-state index contributed by atoms with van der Waals surface area (Å²) in [4.78, 5) is 6.85. The second kappa shape index (κ2) is 10.6. The van der Waals surface area contributed by atoms with Crippen LogP contribution in [-0.4, -0.2) is 55.7 Å². The summed E-state index contributed by atoms with van der Waals surface area (Å²) in [6.45, 7) is 11.9. The van der Waals surface area contributed by atoms with Crippen LogP contribution in [0.25, 0.3) is 0 Å². The highest BCUT2D eigenvalue weighted by molar-refractivity contribution is 5.79. The lowest BCUT2D eigenvalue weighted by Gasteiger charge is -2.32. The summed E-state index contributed by atoms with van der Waals surface area (Å²) in [5, 5.41) is 17.4. The van der Waals surface area contributed by atoms with Crippen molar-refractivity contribution in [2.45, 2.75) is 59.1 Å². The number of hydrogen-bond acceptors (Lipinski definition) is 4. The summed E-state index contributed by atoms with van der Waals surface area (Å²) in [7, 11) is 4.25. The zero-order valence-electron chi connectivity index (χ0n) is 17.6. The first-order valence-corrected chi connectivity index (χ1v) is 9.73. The molecule has 1 rings (SSSR count). The standard InChI is InChI=1S/C20H38N4O2/c1-8-16(9-2)17(24(6)7)13-22-19(21-10-3)23-14-20(5,25)18-12-11-15(4)26-18/h11-12,16-17,25H,8-10,13-14H2,1-7H3,(H2,21,22,23). The molecule has 0 aliphatic heterocycles. The van der Waals surface area contributed by atoms with Gasteiger partial charge in [-0.3, -0.25) is 0 Å². The topological polar surface area (TPSA) is 73.0 Å². The Morgan fingerprint density at radius 2 is 1.88 bits per heavy atom. The van der Waals surface area contributed by atoms with Gasteiger partial charge in [0.15, 0.2) is 5.96 Å². The first-order valence-electron chi connectivity index (χ1n) is 9.73. The fourth-order valence-electron chi connectivity index (χ4n) is 3.18. The second-order valence-electron chi connectivity index (χ2n) is 7.37. The van der Waals surface area contributed by atoms with Crippen molar-refractivity contribution in [3.05, 3.63) is 23.7 Å². The molecule has 0 aliphatic carbocycles. The summed E-state index contributed by atoms with van der Waals surface area (Å²) >= 11 is 0. The largest absolute Gasteiger partial charge is 0.463 e. The van der Waals surface area contributed by atoms with Gasteiger partial charge in [0, 0.05) is 19.1 Å². The van der Waals surface area contributed by atoms with E-state index in [0.717, 1.165) is 31.7 Å². The molecule has 0 spiro atoms. The molecule has 26 heavy (non-hydrogen) atoms. The van der Waals surface area contributed by atoms with Crippen LogP contribution in [0.5, 0.6) is 0 Å². The highest BCUT2D eigenvalue weighted by atomic mass is 16.4. The Morgan fingerprint density at radius 3 is 2.35 bits per heavy atom. The Labute approximate surface area is 159 Å². The van der Waals surface area contributed by atoms with E-state index in [-0.39, 0.29) is 6.54 Å². The van der Waals surface area contributed by atoms with E-state index >= 15 is 0 Å². The van der Waals surface area contributed by atoms with Gasteiger partial charge >= 0.3 is 0 Å². The molecule has 0 amide bonds. The zero-order valence-corrected chi connectivity index (χ0v) is 17.6. The van der Waals surface area contributed by atoms with Crippen LogP contribution in [0.3, 0.4) is 0 Å². The van der Waals surface area contributed by atoms with Gasteiger partial charge in [0.2, 0.25) is 0 Å². The molecular formula is C20H38N4O2. The maximum atomic E-state index is 10.7. The number of aliphatic hydroxyl groups is 1. The first-order chi connectivity index (χ1) is 12.2. The Morgan fingerprint density at radius 1 is 1.23 bits per heavy atom. The number of aryl methyl sites for hydroxylation is 1. The fraction of sp³-hybridized carbons (Fsp3) is 0.750. The number of hydrogen-bond donors (Lipinski definition) is 3. The average Bonchev–Trinajstić information content (AvgIpc) is 3.03. The monoisotopic (exact) mass is 366 g/mol. The van der Waals surface area contributed by atoms with Gasteiger partial charge < -0.3 is 25.1 Å². The molecule has 0 aromatic carbocycles. The van der Waals surface area contributed by atoms with Gasteiger partial charge in [0.25, 0.3) is 0 Å². The van der Waals surface area contributed by atoms with E-state index in [1.54, 1.807) is 13.0 Å². The molecule has 0 fully saturated rings. The van der Waals surface area contributed by atoms with Crippen molar-refractivity contribution < 1.29 is 9.52 Å². The molecule has 0 saturated heterocycles. The van der Waals surface area contributed by atoms with Crippen LogP contribution in [0.15, 0.2) is 21.5 Å². The number of likely N-dealkylation sites (N-methyl/N-ethyl adjacent to an activating group) is 1. The van der Waals surface area contributed by atoms with Gasteiger partial charge in [0.1, 0.15) is 17.1 Å². The van der Waals surface area contributed by atoms with Crippen molar-refractivity contribution in [1.29, 1.82) is 0 Å². The maximum Gasteiger partial charge on any atom is 0.191 e. The van der Waals surface area contributed by atoms with E-state index in [0.29, 0.717) is 23.7 Å². The Bertz CT molecular complexity index is 548. The maximum absolute atomic E-state index is 10.7. The minimum absolute atomic E-state index is 0.229. The Balaban J connectivity index is 2.79. The van der Waals surface area contributed by atoms with E-state index < -0.39 is 5.60 Å². The summed E-state index contributed by atoms with van der Waals surface area (Å²) in [6, 6.07) is 4.09. The van der Waals surface area contributed by atoms with Gasteiger partial charge in [-0.2, -0.15) is 0 Å². The molecule has 6 heteroatoms. The molecule has 1 heterocycles. The molecule has 2 unspecified atom stereocenters. The van der Waals surface area contributed by atoms with Crippen molar-refractivity contribution in [3.8, 4) is 0 Å². The normalized spacial score (nSPS) is 16.0. The number of rotatable bonds is 10. The van der Waals surface area contributed by atoms with Crippen LogP contribution in [0.4, 0.5) is 0 Å². The average molecular weight is 367 g/mol. The predicted octanol–water partition coefficient (Wildman–Crippen LogP) is 2.72. The van der Waals surface area contributed by atoms with Crippen LogP contribution in [0, 0.1) is 12.8 Å². The lowest BCUT2D eigenvalue weighted by Crippen LogP contribution is -2.48. The van der Waals surface area contributed by atoms with Gasteiger partial charge in [0.05, 0.1) is 6.54 Å². The molecule has 1 aromatic rings. The van der Waals surface area contributed by atoms with Crippen molar-refractivity contribution in [3.63, 3.8) is 0 Å². The third-order valence-electron chi connectivity index (χ3n) is 4.90. The predicted molar refractivity (Wildman–Crippen MR) is 109 cm³/mol. The summed E-state index contributed by atoms with van der Waals surface area (Å²) in [6.07, 6.45) is 2.31. The molecule has 150 valence electrons. The Kier molecular flexibility index (Phi) is 9.16. The highest BCUT2D eigenvalue weighted by Gasteiger charge is 2.27. The molecule has 2 atom stereocenters. The minimum atomic E-state index is -1.13. The van der Waals surface area contributed by atoms with Crippen LogP contribution in [0.2, 0.25) is 0 Å². The number of guanidine groups is 1. The molecule has 1 aromatic heterocycles. The molecule has 3 N–H and O–H groups in total. The molecule has 6 nitrogen and oxygen atoms in total. The summed E-state index contributed by atoms with van der Waals surface area (Å²) in [5.41, 5.74) is -1.13. The smallest absolute Gasteiger partial charge is 0.191 e. The van der Waals surface area contributed by atoms with Crippen LogP contribution in [0.1, 0.15) is 52.1 Å². The fourth-order valence-corrected chi connectivity index (χ4v) is 3.18. The minimum Gasteiger partial charge on any atom is -0.463 e. The lowest BCUT2D eigenvalue weighted by molar-refractivity contribution is 0.0428. The molecule has 0 aliphatic rings. The number of nitrogens with one attached hydrogen (secondary N) is 2. The van der Waals surface area contributed by atoms with E-state index in [1.165, 1.54) is 0 Å². The quantitative estimate of drug-likeness (QED) is 0.439. The van der Waals surface area contributed by atoms with Gasteiger partial charge in [-0.15, -0.1) is 0 Å². The van der Waals surface area contributed by atoms with Crippen LogP contribution in [-0.2, 0) is 5.60 Å². The summed E-state index contributed by atoms with van der Waals surface area (Å²) < 4.78 is 5.56. The Hall–Kier alpha value is -1.53. The zero-order chi connectivity index (χ0) is 19.7. The molecule has 0 bridgehead atoms. The van der Waals surface area contributed by atoms with Crippen molar-refractivity contribution in [1.82, 2.24) is 15.5 Å². The van der Waals surface area contributed by atoms with Gasteiger partial charge in [-0.25, -0.2) is 4.99 Å². The van der Waals surface area contributed by atoms with Crippen LogP contribution < -0.4 is 10.6 Å². The van der Waals surface area contributed by atoms with E-state index in [1.807, 2.05) is 19.9 Å². The van der Waals surface area contributed by atoms with Crippen molar-refractivity contribution >= 4 is 5.96 Å². The van der Waals surface area contributed by atoms with Gasteiger partial charge in [-0.05, 0) is 52.9 Å². The van der Waals surface area contributed by atoms with E-state index in [2.05, 4.69) is 48.5 Å². The van der Waals surface area contributed by atoms with Crippen molar-refractivity contribution in [2.75, 3.05) is 33.7 Å².